The monoisotopic (exact) mass is 252 g/mol. The molecule has 1 heterocycles. The van der Waals surface area contributed by atoms with Crippen molar-refractivity contribution in [2.45, 2.75) is 71.4 Å². The highest BCUT2D eigenvalue weighted by atomic mass is 15.2. The Morgan fingerprint density at radius 3 is 2.61 bits per heavy atom. The average molecular weight is 252 g/mol. The molecule has 0 aromatic carbocycles. The molecule has 106 valence electrons. The Hall–Kier alpha value is -0.0800. The highest BCUT2D eigenvalue weighted by molar-refractivity contribution is 4.84. The van der Waals surface area contributed by atoms with Gasteiger partial charge in [0.15, 0.2) is 0 Å². The lowest BCUT2D eigenvalue weighted by atomic mass is 9.82. The smallest absolute Gasteiger partial charge is 0.00953 e. The summed E-state index contributed by atoms with van der Waals surface area (Å²) in [4.78, 5) is 2.63. The van der Waals surface area contributed by atoms with Crippen molar-refractivity contribution in [1.29, 1.82) is 0 Å². The van der Waals surface area contributed by atoms with Gasteiger partial charge in [0.25, 0.3) is 0 Å². The van der Waals surface area contributed by atoms with Crippen LogP contribution in [0.4, 0.5) is 0 Å². The fraction of sp³-hybridized carbons (Fsp3) is 1.00. The fourth-order valence-corrected chi connectivity index (χ4v) is 3.78. The standard InChI is InChI=1S/C16H32N2/c1-4-15-7-5-6-8-16(15)17-11-14-9-10-18(12-14)13(2)3/h13-17H,4-12H2,1-3H3. The molecule has 1 aliphatic carbocycles. The van der Waals surface area contributed by atoms with Crippen molar-refractivity contribution in [2.24, 2.45) is 11.8 Å². The quantitative estimate of drug-likeness (QED) is 0.808. The summed E-state index contributed by atoms with van der Waals surface area (Å²) < 4.78 is 0. The van der Waals surface area contributed by atoms with Crippen molar-refractivity contribution >= 4 is 0 Å². The molecule has 1 aliphatic heterocycles. The third-order valence-corrected chi connectivity index (χ3v) is 5.15. The van der Waals surface area contributed by atoms with Crippen molar-refractivity contribution in [1.82, 2.24) is 10.2 Å². The van der Waals surface area contributed by atoms with Crippen LogP contribution in [0.2, 0.25) is 0 Å². The topological polar surface area (TPSA) is 15.3 Å². The minimum absolute atomic E-state index is 0.730. The largest absolute Gasteiger partial charge is 0.313 e. The van der Waals surface area contributed by atoms with E-state index in [2.05, 4.69) is 31.0 Å². The van der Waals surface area contributed by atoms with Gasteiger partial charge in [-0.3, -0.25) is 0 Å². The minimum atomic E-state index is 0.730. The second-order valence-electron chi connectivity index (χ2n) is 6.71. The molecule has 1 saturated heterocycles. The van der Waals surface area contributed by atoms with Crippen LogP contribution in [-0.2, 0) is 0 Å². The summed E-state index contributed by atoms with van der Waals surface area (Å²) in [5.41, 5.74) is 0. The van der Waals surface area contributed by atoms with Gasteiger partial charge >= 0.3 is 0 Å². The summed E-state index contributed by atoms with van der Waals surface area (Å²) >= 11 is 0. The molecule has 2 nitrogen and oxygen atoms in total. The minimum Gasteiger partial charge on any atom is -0.313 e. The van der Waals surface area contributed by atoms with E-state index >= 15 is 0 Å². The van der Waals surface area contributed by atoms with Gasteiger partial charge in [0.1, 0.15) is 0 Å². The van der Waals surface area contributed by atoms with E-state index in [4.69, 9.17) is 0 Å². The maximum atomic E-state index is 3.90. The Balaban J connectivity index is 1.71. The van der Waals surface area contributed by atoms with Crippen LogP contribution in [0.3, 0.4) is 0 Å². The molecule has 18 heavy (non-hydrogen) atoms. The van der Waals surface area contributed by atoms with Crippen molar-refractivity contribution in [3.8, 4) is 0 Å². The van der Waals surface area contributed by atoms with Crippen LogP contribution in [0.1, 0.15) is 59.3 Å². The van der Waals surface area contributed by atoms with Crippen molar-refractivity contribution in [2.75, 3.05) is 19.6 Å². The Bertz CT molecular complexity index is 239. The number of nitrogens with zero attached hydrogens (tertiary/aromatic N) is 1. The first-order valence-corrected chi connectivity index (χ1v) is 8.18. The molecule has 0 aromatic heterocycles. The van der Waals surface area contributed by atoms with E-state index in [9.17, 15) is 0 Å². The van der Waals surface area contributed by atoms with Crippen LogP contribution in [0, 0.1) is 11.8 Å². The summed E-state index contributed by atoms with van der Waals surface area (Å²) in [6.45, 7) is 10.9. The normalized spacial score (nSPS) is 34.3. The third kappa shape index (κ3) is 3.71. The Labute approximate surface area is 114 Å². The van der Waals surface area contributed by atoms with E-state index in [-0.39, 0.29) is 0 Å². The van der Waals surface area contributed by atoms with E-state index in [1.807, 2.05) is 0 Å². The number of nitrogens with one attached hydrogen (secondary N) is 1. The predicted octanol–water partition coefficient (Wildman–Crippen LogP) is 3.28. The number of hydrogen-bond acceptors (Lipinski definition) is 2. The predicted molar refractivity (Wildman–Crippen MR) is 78.9 cm³/mol. The Morgan fingerprint density at radius 1 is 1.17 bits per heavy atom. The van der Waals surface area contributed by atoms with Gasteiger partial charge in [-0.05, 0) is 58.0 Å². The van der Waals surface area contributed by atoms with Gasteiger partial charge in [-0.25, -0.2) is 0 Å². The van der Waals surface area contributed by atoms with E-state index in [1.165, 1.54) is 58.2 Å². The molecule has 2 aliphatic rings. The number of hydrogen-bond donors (Lipinski definition) is 1. The molecule has 0 radical (unpaired) electrons. The fourth-order valence-electron chi connectivity index (χ4n) is 3.78. The molecule has 0 amide bonds. The van der Waals surface area contributed by atoms with Crippen molar-refractivity contribution in [3.63, 3.8) is 0 Å². The molecule has 0 aromatic rings. The lowest BCUT2D eigenvalue weighted by molar-refractivity contribution is 0.236. The zero-order valence-corrected chi connectivity index (χ0v) is 12.6. The van der Waals surface area contributed by atoms with Crippen molar-refractivity contribution < 1.29 is 0 Å². The highest BCUT2D eigenvalue weighted by Crippen LogP contribution is 2.27. The second kappa shape index (κ2) is 6.91. The van der Waals surface area contributed by atoms with Crippen LogP contribution in [0.15, 0.2) is 0 Å². The molecular weight excluding hydrogens is 220 g/mol. The van der Waals surface area contributed by atoms with Gasteiger partial charge in [-0.15, -0.1) is 0 Å². The van der Waals surface area contributed by atoms with Gasteiger partial charge in [0.05, 0.1) is 0 Å². The zero-order chi connectivity index (χ0) is 13.0. The maximum Gasteiger partial charge on any atom is 0.00953 e. The summed E-state index contributed by atoms with van der Waals surface area (Å²) in [6.07, 6.45) is 8.53. The van der Waals surface area contributed by atoms with Crippen LogP contribution < -0.4 is 5.32 Å². The van der Waals surface area contributed by atoms with Gasteiger partial charge in [0.2, 0.25) is 0 Å². The van der Waals surface area contributed by atoms with Gasteiger partial charge in [0, 0.05) is 18.6 Å². The molecule has 1 N–H and O–H groups in total. The van der Waals surface area contributed by atoms with Crippen LogP contribution in [0.5, 0.6) is 0 Å². The van der Waals surface area contributed by atoms with E-state index < -0.39 is 0 Å². The molecular formula is C16H32N2. The molecule has 0 spiro atoms. The first-order valence-electron chi connectivity index (χ1n) is 8.18. The van der Waals surface area contributed by atoms with Crippen LogP contribution in [0.25, 0.3) is 0 Å². The van der Waals surface area contributed by atoms with Gasteiger partial charge in [-0.2, -0.15) is 0 Å². The summed E-state index contributed by atoms with van der Waals surface area (Å²) in [7, 11) is 0. The lowest BCUT2D eigenvalue weighted by Gasteiger charge is -2.32. The molecule has 2 heteroatoms. The first kappa shape index (κ1) is 14.3. The van der Waals surface area contributed by atoms with E-state index in [1.54, 1.807) is 0 Å². The maximum absolute atomic E-state index is 3.90. The number of likely N-dealkylation sites (tertiary alicyclic amines) is 1. The molecule has 2 fully saturated rings. The Morgan fingerprint density at radius 2 is 1.94 bits per heavy atom. The summed E-state index contributed by atoms with van der Waals surface area (Å²) in [5.74, 6) is 1.84. The second-order valence-corrected chi connectivity index (χ2v) is 6.71. The SMILES string of the molecule is CCC1CCCCC1NCC1CCN(C(C)C)C1. The molecule has 0 bridgehead atoms. The molecule has 3 unspecified atom stereocenters. The van der Waals surface area contributed by atoms with E-state index in [0.29, 0.717) is 0 Å². The summed E-state index contributed by atoms with van der Waals surface area (Å²) in [6, 6.07) is 1.55. The van der Waals surface area contributed by atoms with Crippen molar-refractivity contribution in [3.05, 3.63) is 0 Å². The van der Waals surface area contributed by atoms with E-state index in [0.717, 1.165) is 23.9 Å². The zero-order valence-electron chi connectivity index (χ0n) is 12.6. The van der Waals surface area contributed by atoms with Gasteiger partial charge < -0.3 is 10.2 Å². The molecule has 1 saturated carbocycles. The van der Waals surface area contributed by atoms with Crippen LogP contribution in [-0.4, -0.2) is 36.6 Å². The first-order chi connectivity index (χ1) is 8.70. The molecule has 3 atom stereocenters. The highest BCUT2D eigenvalue weighted by Gasteiger charge is 2.27. The average Bonchev–Trinajstić information content (AvgIpc) is 2.85. The Kier molecular flexibility index (Phi) is 5.50. The van der Waals surface area contributed by atoms with Gasteiger partial charge in [-0.1, -0.05) is 26.2 Å². The molecule has 2 rings (SSSR count). The number of rotatable bonds is 5. The summed E-state index contributed by atoms with van der Waals surface area (Å²) in [5, 5.41) is 3.90. The van der Waals surface area contributed by atoms with Crippen LogP contribution >= 0.6 is 0 Å². The third-order valence-electron chi connectivity index (χ3n) is 5.15. The lowest BCUT2D eigenvalue weighted by Crippen LogP contribution is -2.41.